The van der Waals surface area contributed by atoms with Crippen LogP contribution in [0.1, 0.15) is 20.9 Å². The molecule has 6 nitrogen and oxygen atoms in total. The first-order valence-electron chi connectivity index (χ1n) is 8.99. The number of hydrogen-bond donors (Lipinski definition) is 0. The van der Waals surface area contributed by atoms with Crippen molar-refractivity contribution < 1.29 is 14.3 Å². The SMILES string of the molecule is COc1ccc(C(=O)c2cc3cc(C)n(CC4COCCN4C)c3s2)cn1. The highest BCUT2D eigenvalue weighted by Crippen LogP contribution is 2.31. The number of morpholine rings is 1. The van der Waals surface area contributed by atoms with Crippen LogP contribution in [0.4, 0.5) is 0 Å². The van der Waals surface area contributed by atoms with Gasteiger partial charge in [0, 0.05) is 42.0 Å². The fourth-order valence-corrected chi connectivity index (χ4v) is 4.60. The van der Waals surface area contributed by atoms with Gasteiger partial charge in [0.15, 0.2) is 0 Å². The van der Waals surface area contributed by atoms with E-state index in [-0.39, 0.29) is 5.78 Å². The third-order valence-electron chi connectivity index (χ3n) is 5.12. The molecule has 3 aromatic heterocycles. The number of nitrogens with zero attached hydrogens (tertiary/aromatic N) is 3. The number of ketones is 1. The Morgan fingerprint density at radius 3 is 2.96 bits per heavy atom. The van der Waals surface area contributed by atoms with Crippen LogP contribution in [-0.4, -0.2) is 60.2 Å². The minimum absolute atomic E-state index is 0.00586. The normalized spacial score (nSPS) is 18.1. The third kappa shape index (κ3) is 3.50. The molecule has 0 amide bonds. The standard InChI is InChI=1S/C20H23N3O3S/c1-13-8-15-9-17(19(24)14-4-5-18(25-3)21-10-14)27-20(15)23(13)11-16-12-26-7-6-22(16)2/h4-5,8-10,16H,6-7,11-12H2,1-3H3. The number of aryl methyl sites for hydroxylation is 1. The number of likely N-dealkylation sites (N-methyl/N-ethyl adjacent to an activating group) is 1. The van der Waals surface area contributed by atoms with Crippen molar-refractivity contribution in [1.82, 2.24) is 14.5 Å². The molecule has 27 heavy (non-hydrogen) atoms. The van der Waals surface area contributed by atoms with E-state index in [9.17, 15) is 4.79 Å². The van der Waals surface area contributed by atoms with Gasteiger partial charge in [0.05, 0.1) is 31.2 Å². The Hall–Kier alpha value is -2.22. The molecule has 1 fully saturated rings. The van der Waals surface area contributed by atoms with Crippen molar-refractivity contribution in [3.63, 3.8) is 0 Å². The van der Waals surface area contributed by atoms with Crippen molar-refractivity contribution >= 4 is 27.3 Å². The molecule has 1 saturated heterocycles. The van der Waals surface area contributed by atoms with Crippen LogP contribution in [0.15, 0.2) is 30.5 Å². The van der Waals surface area contributed by atoms with E-state index in [1.165, 1.54) is 5.69 Å². The van der Waals surface area contributed by atoms with Gasteiger partial charge >= 0.3 is 0 Å². The molecule has 7 heteroatoms. The molecule has 3 aromatic rings. The first-order valence-corrected chi connectivity index (χ1v) is 9.81. The van der Waals surface area contributed by atoms with Crippen molar-refractivity contribution in [2.75, 3.05) is 33.9 Å². The van der Waals surface area contributed by atoms with Crippen LogP contribution in [0.3, 0.4) is 0 Å². The van der Waals surface area contributed by atoms with Gasteiger partial charge in [-0.3, -0.25) is 9.69 Å². The van der Waals surface area contributed by atoms with Crippen LogP contribution < -0.4 is 4.74 Å². The molecular weight excluding hydrogens is 362 g/mol. The molecule has 4 rings (SSSR count). The average molecular weight is 385 g/mol. The summed E-state index contributed by atoms with van der Waals surface area (Å²) in [5, 5.41) is 1.11. The van der Waals surface area contributed by atoms with Gasteiger partial charge in [-0.2, -0.15) is 0 Å². The monoisotopic (exact) mass is 385 g/mol. The van der Waals surface area contributed by atoms with Gasteiger partial charge < -0.3 is 14.0 Å². The van der Waals surface area contributed by atoms with Gasteiger partial charge in [0.25, 0.3) is 0 Å². The molecular formula is C20H23N3O3S. The lowest BCUT2D eigenvalue weighted by Crippen LogP contribution is -2.45. The van der Waals surface area contributed by atoms with E-state index in [4.69, 9.17) is 9.47 Å². The molecule has 0 aromatic carbocycles. The minimum Gasteiger partial charge on any atom is -0.481 e. The topological polar surface area (TPSA) is 56.6 Å². The zero-order chi connectivity index (χ0) is 19.0. The summed E-state index contributed by atoms with van der Waals surface area (Å²) in [6, 6.07) is 7.95. The van der Waals surface area contributed by atoms with E-state index in [1.54, 1.807) is 36.8 Å². The lowest BCUT2D eigenvalue weighted by Gasteiger charge is -2.33. The summed E-state index contributed by atoms with van der Waals surface area (Å²) < 4.78 is 13.0. The number of methoxy groups -OCH3 is 1. The van der Waals surface area contributed by atoms with Crippen molar-refractivity contribution in [3.8, 4) is 5.88 Å². The molecule has 4 heterocycles. The number of rotatable bonds is 5. The molecule has 1 unspecified atom stereocenters. The smallest absolute Gasteiger partial charge is 0.212 e. The molecule has 1 aliphatic rings. The fraction of sp³-hybridized carbons (Fsp3) is 0.400. The lowest BCUT2D eigenvalue weighted by molar-refractivity contribution is 0.000119. The van der Waals surface area contributed by atoms with Crippen LogP contribution in [0.5, 0.6) is 5.88 Å². The Balaban J connectivity index is 1.62. The third-order valence-corrected chi connectivity index (χ3v) is 6.29. The number of ether oxygens (including phenoxy) is 2. The molecule has 0 spiro atoms. The Morgan fingerprint density at radius 2 is 2.26 bits per heavy atom. The van der Waals surface area contributed by atoms with E-state index in [2.05, 4.69) is 34.5 Å². The Morgan fingerprint density at radius 1 is 1.41 bits per heavy atom. The van der Waals surface area contributed by atoms with Crippen LogP contribution in [-0.2, 0) is 11.3 Å². The maximum absolute atomic E-state index is 12.8. The maximum Gasteiger partial charge on any atom is 0.212 e. The summed E-state index contributed by atoms with van der Waals surface area (Å²) in [6.07, 6.45) is 1.57. The van der Waals surface area contributed by atoms with Gasteiger partial charge in [-0.25, -0.2) is 4.98 Å². The van der Waals surface area contributed by atoms with E-state index in [1.807, 2.05) is 6.07 Å². The van der Waals surface area contributed by atoms with Gasteiger partial charge in [-0.15, -0.1) is 11.3 Å². The number of carbonyl (C=O) groups excluding carboxylic acids is 1. The van der Waals surface area contributed by atoms with E-state index in [0.717, 1.165) is 41.4 Å². The van der Waals surface area contributed by atoms with Crippen molar-refractivity contribution in [3.05, 3.63) is 46.6 Å². The van der Waals surface area contributed by atoms with Gasteiger partial charge in [0.2, 0.25) is 11.7 Å². The van der Waals surface area contributed by atoms with Gasteiger partial charge in [-0.05, 0) is 32.2 Å². The molecule has 0 radical (unpaired) electrons. The van der Waals surface area contributed by atoms with Crippen LogP contribution in [0.2, 0.25) is 0 Å². The molecule has 1 aliphatic heterocycles. The highest BCUT2D eigenvalue weighted by Gasteiger charge is 2.23. The second kappa shape index (κ2) is 7.42. The Labute approximate surface area is 162 Å². The second-order valence-electron chi connectivity index (χ2n) is 6.90. The van der Waals surface area contributed by atoms with Gasteiger partial charge in [-0.1, -0.05) is 0 Å². The summed E-state index contributed by atoms with van der Waals surface area (Å²) in [5.41, 5.74) is 1.78. The largest absolute Gasteiger partial charge is 0.481 e. The first kappa shape index (κ1) is 18.2. The second-order valence-corrected chi connectivity index (χ2v) is 7.93. The number of thiophene rings is 1. The Bertz CT molecular complexity index is 961. The van der Waals surface area contributed by atoms with Crippen molar-refractivity contribution in [2.45, 2.75) is 19.5 Å². The highest BCUT2D eigenvalue weighted by atomic mass is 32.1. The molecule has 0 bridgehead atoms. The minimum atomic E-state index is -0.00586. The quantitative estimate of drug-likeness (QED) is 0.632. The molecule has 0 N–H and O–H groups in total. The fourth-order valence-electron chi connectivity index (χ4n) is 3.43. The number of fused-ring (bicyclic) bond motifs is 1. The number of aromatic nitrogens is 2. The predicted octanol–water partition coefficient (Wildman–Crippen LogP) is 2.98. The van der Waals surface area contributed by atoms with Gasteiger partial charge in [0.1, 0.15) is 4.83 Å². The van der Waals surface area contributed by atoms with E-state index in [0.29, 0.717) is 17.5 Å². The van der Waals surface area contributed by atoms with E-state index >= 15 is 0 Å². The first-order chi connectivity index (χ1) is 13.1. The van der Waals surface area contributed by atoms with Crippen molar-refractivity contribution in [1.29, 1.82) is 0 Å². The average Bonchev–Trinajstić information content (AvgIpc) is 3.21. The molecule has 0 aliphatic carbocycles. The molecule has 142 valence electrons. The highest BCUT2D eigenvalue weighted by molar-refractivity contribution is 7.20. The summed E-state index contributed by atoms with van der Waals surface area (Å²) in [6.45, 7) is 5.47. The Kier molecular flexibility index (Phi) is 4.99. The summed E-state index contributed by atoms with van der Waals surface area (Å²) >= 11 is 1.54. The maximum atomic E-state index is 12.8. The lowest BCUT2D eigenvalue weighted by atomic mass is 10.1. The summed E-state index contributed by atoms with van der Waals surface area (Å²) in [4.78, 5) is 21.2. The molecule has 0 saturated carbocycles. The predicted molar refractivity (Wildman–Crippen MR) is 106 cm³/mol. The number of pyridine rings is 1. The van der Waals surface area contributed by atoms with Crippen LogP contribution in [0.25, 0.3) is 10.2 Å². The molecule has 1 atom stereocenters. The summed E-state index contributed by atoms with van der Waals surface area (Å²) in [5.74, 6) is 0.498. The number of hydrogen-bond acceptors (Lipinski definition) is 6. The van der Waals surface area contributed by atoms with Crippen LogP contribution in [0, 0.1) is 6.92 Å². The zero-order valence-corrected chi connectivity index (χ0v) is 16.6. The number of carbonyl (C=O) groups is 1. The zero-order valence-electron chi connectivity index (χ0n) is 15.8. The summed E-state index contributed by atoms with van der Waals surface area (Å²) in [7, 11) is 3.70. The van der Waals surface area contributed by atoms with Crippen molar-refractivity contribution in [2.24, 2.45) is 0 Å². The van der Waals surface area contributed by atoms with E-state index < -0.39 is 0 Å². The van der Waals surface area contributed by atoms with Crippen LogP contribution >= 0.6 is 11.3 Å².